The van der Waals surface area contributed by atoms with Crippen LogP contribution in [0.15, 0.2) is 24.3 Å². The predicted molar refractivity (Wildman–Crippen MR) is 56.0 cm³/mol. The van der Waals surface area contributed by atoms with Crippen molar-refractivity contribution in [2.45, 2.75) is 18.5 Å². The second-order valence-electron chi connectivity index (χ2n) is 5.18. The van der Waals surface area contributed by atoms with Gasteiger partial charge in [-0.1, -0.05) is 18.2 Å². The Kier molecular flexibility index (Phi) is 3.58. The van der Waals surface area contributed by atoms with Gasteiger partial charge in [-0.15, -0.1) is 0 Å². The number of rotatable bonds is 2. The van der Waals surface area contributed by atoms with Gasteiger partial charge in [-0.25, -0.2) is 4.39 Å². The number of carbonyl (C=O) groups is 1. The first kappa shape index (κ1) is 14.0. The zero-order chi connectivity index (χ0) is 12.1. The number of halogens is 1. The molecule has 3 nitrogen and oxygen atoms in total. The Morgan fingerprint density at radius 1 is 1.33 bits per heavy atom. The van der Waals surface area contributed by atoms with E-state index in [-0.39, 0.29) is 40.5 Å². The van der Waals surface area contributed by atoms with Crippen LogP contribution in [0.3, 0.4) is 0 Å². The van der Waals surface area contributed by atoms with E-state index in [9.17, 15) is 14.3 Å². The van der Waals surface area contributed by atoms with E-state index in [0.29, 0.717) is 31.6 Å². The molecule has 1 aliphatic carbocycles. The number of carboxylic acid groups (broad SMARTS) is 1. The number of ether oxygens (including phenoxy) is 1. The molecule has 0 amide bonds. The summed E-state index contributed by atoms with van der Waals surface area (Å²) in [6, 6.07) is 5.99. The van der Waals surface area contributed by atoms with E-state index < -0.39 is 11.6 Å². The zero-order valence-corrected chi connectivity index (χ0v) is 12.2. The van der Waals surface area contributed by atoms with Gasteiger partial charge in [0, 0.05) is 5.41 Å². The van der Waals surface area contributed by atoms with Crippen molar-refractivity contribution in [2.24, 2.45) is 5.41 Å². The van der Waals surface area contributed by atoms with Crippen LogP contribution in [0.4, 0.5) is 4.39 Å². The molecule has 0 radical (unpaired) electrons. The molecule has 1 aromatic carbocycles. The predicted octanol–water partition coefficient (Wildman–Crippen LogP) is -1.97. The molecule has 2 fully saturated rings. The molecule has 0 unspecified atom stereocenters. The van der Waals surface area contributed by atoms with E-state index in [2.05, 4.69) is 0 Å². The molecular weight excluding hydrogens is 246 g/mol. The smallest absolute Gasteiger partial charge is 0.545 e. The van der Waals surface area contributed by atoms with Crippen LogP contribution in [0.1, 0.15) is 28.8 Å². The molecule has 5 heteroatoms. The fraction of sp³-hybridized carbons (Fsp3) is 0.462. The van der Waals surface area contributed by atoms with Crippen LogP contribution in [-0.4, -0.2) is 19.2 Å². The molecule has 0 aromatic heterocycles. The first-order chi connectivity index (χ1) is 8.03. The summed E-state index contributed by atoms with van der Waals surface area (Å²) >= 11 is 0. The van der Waals surface area contributed by atoms with E-state index in [4.69, 9.17) is 4.74 Å². The summed E-state index contributed by atoms with van der Waals surface area (Å²) in [5.41, 5.74) is -0.913. The van der Waals surface area contributed by atoms with Crippen LogP contribution in [0, 0.1) is 5.41 Å². The van der Waals surface area contributed by atoms with Gasteiger partial charge in [-0.05, 0) is 30.0 Å². The monoisotopic (exact) mass is 258 g/mol. The zero-order valence-electron chi connectivity index (χ0n) is 10.2. The van der Waals surface area contributed by atoms with Crippen LogP contribution in [0.5, 0.6) is 0 Å². The van der Waals surface area contributed by atoms with Crippen LogP contribution in [0.25, 0.3) is 0 Å². The van der Waals surface area contributed by atoms with E-state index in [0.717, 1.165) is 0 Å². The quantitative estimate of drug-likeness (QED) is 0.578. The van der Waals surface area contributed by atoms with Crippen LogP contribution >= 0.6 is 0 Å². The van der Waals surface area contributed by atoms with Gasteiger partial charge >= 0.3 is 29.6 Å². The molecule has 0 N–H and O–H groups in total. The third-order valence-electron chi connectivity index (χ3n) is 3.74. The molecule has 90 valence electrons. The topological polar surface area (TPSA) is 49.4 Å². The molecule has 1 saturated heterocycles. The van der Waals surface area contributed by atoms with E-state index in [1.807, 2.05) is 0 Å². The van der Waals surface area contributed by atoms with Crippen molar-refractivity contribution >= 4 is 5.97 Å². The normalized spacial score (nSPS) is 22.5. The molecule has 18 heavy (non-hydrogen) atoms. The summed E-state index contributed by atoms with van der Waals surface area (Å²) in [6.45, 7) is 1.25. The summed E-state index contributed by atoms with van der Waals surface area (Å²) in [5, 5.41) is 10.7. The van der Waals surface area contributed by atoms with Gasteiger partial charge in [0.15, 0.2) is 0 Å². The van der Waals surface area contributed by atoms with E-state index in [1.165, 1.54) is 12.1 Å². The number of carbonyl (C=O) groups excluding carboxylic acids is 1. The number of aromatic carboxylic acids is 1. The van der Waals surface area contributed by atoms with Crippen LogP contribution in [0.2, 0.25) is 0 Å². The van der Waals surface area contributed by atoms with Crippen molar-refractivity contribution in [1.29, 1.82) is 0 Å². The largest absolute Gasteiger partial charge is 1.00 e. The maximum Gasteiger partial charge on any atom is 1.00 e. The molecule has 3 rings (SSSR count). The van der Waals surface area contributed by atoms with E-state index in [1.54, 1.807) is 12.1 Å². The Bertz CT molecular complexity index is 477. The Hall–Kier alpha value is -0.420. The van der Waals surface area contributed by atoms with Crippen molar-refractivity contribution in [3.63, 3.8) is 0 Å². The first-order valence-electron chi connectivity index (χ1n) is 5.62. The first-order valence-corrected chi connectivity index (χ1v) is 5.62. The van der Waals surface area contributed by atoms with Gasteiger partial charge in [0.05, 0.1) is 19.2 Å². The standard InChI is InChI=1S/C13H13FO3.Na/c14-13(5-12(6-13)7-17-8-12)10-3-1-2-9(4-10)11(15)16;/h1-4H,5-8H2,(H,15,16);/q;+1/p-1. The van der Waals surface area contributed by atoms with E-state index >= 15 is 0 Å². The minimum absolute atomic E-state index is 0. The van der Waals surface area contributed by atoms with Crippen molar-refractivity contribution < 1.29 is 48.6 Å². The van der Waals surface area contributed by atoms with Gasteiger partial charge in [0.25, 0.3) is 0 Å². The second kappa shape index (κ2) is 4.60. The van der Waals surface area contributed by atoms with Crippen molar-refractivity contribution in [1.82, 2.24) is 0 Å². The summed E-state index contributed by atoms with van der Waals surface area (Å²) in [4.78, 5) is 10.7. The van der Waals surface area contributed by atoms with Gasteiger partial charge < -0.3 is 14.6 Å². The molecule has 1 aliphatic heterocycles. The average Bonchev–Trinajstić information content (AvgIpc) is 2.22. The van der Waals surface area contributed by atoms with Crippen molar-refractivity contribution in [2.75, 3.05) is 13.2 Å². The fourth-order valence-corrected chi connectivity index (χ4v) is 2.86. The number of hydrogen-bond donors (Lipinski definition) is 0. The Balaban J connectivity index is 0.00000120. The maximum atomic E-state index is 14.5. The van der Waals surface area contributed by atoms with Gasteiger partial charge in [0.2, 0.25) is 0 Å². The molecule has 2 aliphatic rings. The van der Waals surface area contributed by atoms with Crippen LogP contribution < -0.4 is 34.7 Å². The second-order valence-corrected chi connectivity index (χ2v) is 5.18. The SMILES string of the molecule is O=C([O-])c1cccc(C2(F)CC3(COC3)C2)c1.[Na+]. The van der Waals surface area contributed by atoms with Crippen LogP contribution in [-0.2, 0) is 10.4 Å². The molecular formula is C13H12FNaO3. The van der Waals surface area contributed by atoms with Gasteiger partial charge in [-0.2, -0.15) is 0 Å². The molecule has 0 atom stereocenters. The number of alkyl halides is 1. The number of carboxylic acids is 1. The summed E-state index contributed by atoms with van der Waals surface area (Å²) in [5.74, 6) is -1.27. The van der Waals surface area contributed by atoms with Crippen molar-refractivity contribution in [3.05, 3.63) is 35.4 Å². The summed E-state index contributed by atoms with van der Waals surface area (Å²) in [6.07, 6.45) is 0.854. The molecule has 0 bridgehead atoms. The molecule has 1 spiro atoms. The average molecular weight is 258 g/mol. The van der Waals surface area contributed by atoms with Crippen molar-refractivity contribution in [3.8, 4) is 0 Å². The fourth-order valence-electron chi connectivity index (χ4n) is 2.86. The maximum absolute atomic E-state index is 14.5. The Morgan fingerprint density at radius 2 is 2.00 bits per heavy atom. The number of benzene rings is 1. The Labute approximate surface area is 127 Å². The Morgan fingerprint density at radius 3 is 2.50 bits per heavy atom. The molecule has 1 heterocycles. The number of hydrogen-bond acceptors (Lipinski definition) is 3. The van der Waals surface area contributed by atoms with Gasteiger partial charge in [0.1, 0.15) is 5.67 Å². The molecule has 1 saturated carbocycles. The van der Waals surface area contributed by atoms with Gasteiger partial charge in [-0.3, -0.25) is 0 Å². The third kappa shape index (κ3) is 2.11. The summed E-state index contributed by atoms with van der Waals surface area (Å²) in [7, 11) is 0. The minimum Gasteiger partial charge on any atom is -0.545 e. The molecule has 1 aromatic rings. The minimum atomic E-state index is -1.39. The summed E-state index contributed by atoms with van der Waals surface area (Å²) < 4.78 is 19.6. The third-order valence-corrected chi connectivity index (χ3v) is 3.74.